The number of para-hydroxylation sites is 1. The lowest BCUT2D eigenvalue weighted by molar-refractivity contribution is 0.243. The molecule has 2 aliphatic rings. The highest BCUT2D eigenvalue weighted by atomic mass is 16.5. The number of hydrogen-bond acceptors (Lipinski definition) is 3. The standard InChI is InChI=1S/C17H26N2O/c1-4-13-8-9-19-14(10-13)11-18-17-15(19)6-5-7-16(17)20-12(2)3/h5-7,12-14,18H,4,8-11H2,1-3H3. The van der Waals surface area contributed by atoms with Crippen LogP contribution in [-0.4, -0.2) is 25.2 Å². The Morgan fingerprint density at radius 2 is 2.25 bits per heavy atom. The average molecular weight is 274 g/mol. The Labute approximate surface area is 122 Å². The van der Waals surface area contributed by atoms with Crippen LogP contribution in [0.1, 0.15) is 40.0 Å². The predicted molar refractivity (Wildman–Crippen MR) is 84.8 cm³/mol. The highest BCUT2D eigenvalue weighted by Gasteiger charge is 2.33. The zero-order valence-corrected chi connectivity index (χ0v) is 12.9. The van der Waals surface area contributed by atoms with E-state index in [1.807, 2.05) is 0 Å². The van der Waals surface area contributed by atoms with E-state index in [1.165, 1.54) is 37.2 Å². The molecule has 3 heteroatoms. The SMILES string of the molecule is CCC1CCN2c3cccc(OC(C)C)c3NCC2C1. The molecule has 20 heavy (non-hydrogen) atoms. The average Bonchev–Trinajstić information content (AvgIpc) is 2.46. The normalized spacial score (nSPS) is 24.9. The van der Waals surface area contributed by atoms with E-state index in [4.69, 9.17) is 4.74 Å². The molecule has 0 saturated carbocycles. The fraction of sp³-hybridized carbons (Fsp3) is 0.647. The maximum Gasteiger partial charge on any atom is 0.144 e. The fourth-order valence-electron chi connectivity index (χ4n) is 3.52. The van der Waals surface area contributed by atoms with Crippen LogP contribution in [0.3, 0.4) is 0 Å². The summed E-state index contributed by atoms with van der Waals surface area (Å²) in [4.78, 5) is 2.59. The van der Waals surface area contributed by atoms with Gasteiger partial charge in [-0.3, -0.25) is 0 Å². The number of anilines is 2. The van der Waals surface area contributed by atoms with E-state index in [0.29, 0.717) is 6.04 Å². The van der Waals surface area contributed by atoms with Crippen LogP contribution in [0, 0.1) is 5.92 Å². The van der Waals surface area contributed by atoms with Crippen LogP contribution in [-0.2, 0) is 0 Å². The second-order valence-corrected chi connectivity index (χ2v) is 6.34. The van der Waals surface area contributed by atoms with E-state index in [9.17, 15) is 0 Å². The molecule has 0 bridgehead atoms. The molecule has 1 fully saturated rings. The molecule has 110 valence electrons. The number of ether oxygens (including phenoxy) is 1. The molecule has 2 aliphatic heterocycles. The van der Waals surface area contributed by atoms with Gasteiger partial charge in [0.1, 0.15) is 11.4 Å². The van der Waals surface area contributed by atoms with Crippen LogP contribution in [0.4, 0.5) is 11.4 Å². The van der Waals surface area contributed by atoms with Crippen LogP contribution in [0.2, 0.25) is 0 Å². The summed E-state index contributed by atoms with van der Waals surface area (Å²) in [5, 5.41) is 3.61. The van der Waals surface area contributed by atoms with Crippen molar-refractivity contribution in [2.24, 2.45) is 5.92 Å². The van der Waals surface area contributed by atoms with Gasteiger partial charge in [0, 0.05) is 19.1 Å². The molecular weight excluding hydrogens is 248 g/mol. The summed E-state index contributed by atoms with van der Waals surface area (Å²) in [6.07, 6.45) is 4.17. The Hall–Kier alpha value is -1.38. The van der Waals surface area contributed by atoms with Crippen LogP contribution in [0.15, 0.2) is 18.2 Å². The minimum atomic E-state index is 0.215. The second-order valence-electron chi connectivity index (χ2n) is 6.34. The van der Waals surface area contributed by atoms with E-state index in [2.05, 4.69) is 49.2 Å². The van der Waals surface area contributed by atoms with Gasteiger partial charge in [-0.2, -0.15) is 0 Å². The summed E-state index contributed by atoms with van der Waals surface area (Å²) in [6.45, 7) is 8.71. The van der Waals surface area contributed by atoms with E-state index >= 15 is 0 Å². The van der Waals surface area contributed by atoms with Crippen molar-refractivity contribution in [1.82, 2.24) is 0 Å². The van der Waals surface area contributed by atoms with Gasteiger partial charge >= 0.3 is 0 Å². The van der Waals surface area contributed by atoms with E-state index in [0.717, 1.165) is 18.2 Å². The molecule has 1 N–H and O–H groups in total. The zero-order valence-electron chi connectivity index (χ0n) is 12.9. The minimum Gasteiger partial charge on any atom is -0.489 e. The molecule has 0 amide bonds. The van der Waals surface area contributed by atoms with E-state index in [1.54, 1.807) is 0 Å². The number of hydrogen-bond donors (Lipinski definition) is 1. The lowest BCUT2D eigenvalue weighted by Gasteiger charge is -2.45. The van der Waals surface area contributed by atoms with Crippen molar-refractivity contribution in [3.8, 4) is 5.75 Å². The Morgan fingerprint density at radius 3 is 3.00 bits per heavy atom. The third-order valence-corrected chi connectivity index (χ3v) is 4.59. The Kier molecular flexibility index (Phi) is 3.77. The highest BCUT2D eigenvalue weighted by molar-refractivity contribution is 5.79. The summed E-state index contributed by atoms with van der Waals surface area (Å²) in [5.74, 6) is 1.89. The molecular formula is C17H26N2O. The highest BCUT2D eigenvalue weighted by Crippen LogP contribution is 2.42. The molecule has 3 rings (SSSR count). The van der Waals surface area contributed by atoms with Gasteiger partial charge in [-0.05, 0) is 44.7 Å². The largest absolute Gasteiger partial charge is 0.489 e. The molecule has 1 saturated heterocycles. The first-order valence-electron chi connectivity index (χ1n) is 7.99. The van der Waals surface area contributed by atoms with Gasteiger partial charge in [0.05, 0.1) is 11.8 Å². The van der Waals surface area contributed by atoms with Crippen molar-refractivity contribution < 1.29 is 4.74 Å². The number of benzene rings is 1. The van der Waals surface area contributed by atoms with Crippen molar-refractivity contribution >= 4 is 11.4 Å². The van der Waals surface area contributed by atoms with E-state index < -0.39 is 0 Å². The summed E-state index contributed by atoms with van der Waals surface area (Å²) in [5.41, 5.74) is 2.52. The third kappa shape index (κ3) is 2.46. The molecule has 0 spiro atoms. The quantitative estimate of drug-likeness (QED) is 0.905. The third-order valence-electron chi connectivity index (χ3n) is 4.59. The minimum absolute atomic E-state index is 0.215. The monoisotopic (exact) mass is 274 g/mol. The lowest BCUT2D eigenvalue weighted by atomic mass is 9.87. The van der Waals surface area contributed by atoms with Crippen molar-refractivity contribution in [3.05, 3.63) is 18.2 Å². The molecule has 0 aliphatic carbocycles. The van der Waals surface area contributed by atoms with Crippen molar-refractivity contribution in [2.75, 3.05) is 23.3 Å². The number of rotatable bonds is 3. The van der Waals surface area contributed by atoms with Gasteiger partial charge in [-0.25, -0.2) is 0 Å². The summed E-state index contributed by atoms with van der Waals surface area (Å²) < 4.78 is 5.95. The molecule has 2 unspecified atom stereocenters. The maximum absolute atomic E-state index is 5.95. The molecule has 0 aromatic heterocycles. The Morgan fingerprint density at radius 1 is 1.40 bits per heavy atom. The number of fused-ring (bicyclic) bond motifs is 3. The topological polar surface area (TPSA) is 24.5 Å². The van der Waals surface area contributed by atoms with Crippen molar-refractivity contribution in [2.45, 2.75) is 52.2 Å². The lowest BCUT2D eigenvalue weighted by Crippen LogP contribution is -2.49. The second kappa shape index (κ2) is 5.55. The van der Waals surface area contributed by atoms with Crippen molar-refractivity contribution in [1.29, 1.82) is 0 Å². The first-order chi connectivity index (χ1) is 9.69. The van der Waals surface area contributed by atoms with Crippen LogP contribution in [0.25, 0.3) is 0 Å². The summed E-state index contributed by atoms with van der Waals surface area (Å²) in [6, 6.07) is 7.07. The molecule has 3 nitrogen and oxygen atoms in total. The number of piperidine rings is 1. The molecule has 1 aromatic carbocycles. The maximum atomic E-state index is 5.95. The Balaban J connectivity index is 1.87. The first kappa shape index (κ1) is 13.6. The zero-order chi connectivity index (χ0) is 14.1. The van der Waals surface area contributed by atoms with Gasteiger partial charge < -0.3 is 15.0 Å². The summed E-state index contributed by atoms with van der Waals surface area (Å²) >= 11 is 0. The number of nitrogens with one attached hydrogen (secondary N) is 1. The molecule has 1 aromatic rings. The number of nitrogens with zero attached hydrogens (tertiary/aromatic N) is 1. The molecule has 2 atom stereocenters. The van der Waals surface area contributed by atoms with Gasteiger partial charge in [0.15, 0.2) is 0 Å². The van der Waals surface area contributed by atoms with Crippen LogP contribution < -0.4 is 15.0 Å². The first-order valence-corrected chi connectivity index (χ1v) is 7.99. The predicted octanol–water partition coefficient (Wildman–Crippen LogP) is 3.89. The van der Waals surface area contributed by atoms with E-state index in [-0.39, 0.29) is 6.10 Å². The van der Waals surface area contributed by atoms with Gasteiger partial charge in [-0.15, -0.1) is 0 Å². The molecule has 2 heterocycles. The Bertz CT molecular complexity index is 472. The smallest absolute Gasteiger partial charge is 0.144 e. The fourth-order valence-corrected chi connectivity index (χ4v) is 3.52. The van der Waals surface area contributed by atoms with Crippen LogP contribution >= 0.6 is 0 Å². The summed E-state index contributed by atoms with van der Waals surface area (Å²) in [7, 11) is 0. The van der Waals surface area contributed by atoms with Gasteiger partial charge in [-0.1, -0.05) is 19.4 Å². The van der Waals surface area contributed by atoms with Gasteiger partial charge in [0.2, 0.25) is 0 Å². The van der Waals surface area contributed by atoms with Crippen molar-refractivity contribution in [3.63, 3.8) is 0 Å². The molecule has 0 radical (unpaired) electrons. The van der Waals surface area contributed by atoms with Crippen LogP contribution in [0.5, 0.6) is 5.75 Å². The van der Waals surface area contributed by atoms with Gasteiger partial charge in [0.25, 0.3) is 0 Å².